The summed E-state index contributed by atoms with van der Waals surface area (Å²) < 4.78 is 5.25. The highest BCUT2D eigenvalue weighted by Gasteiger charge is 2.63. The number of hydroxylamine groups is 4. The molecule has 2 N–H and O–H groups in total. The Bertz CT molecular complexity index is 584. The Kier molecular flexibility index (Phi) is 4.55. The molecule has 2 aliphatic heterocycles. The number of amides is 3. The molecule has 3 amide bonds. The fourth-order valence-corrected chi connectivity index (χ4v) is 2.93. The minimum atomic E-state index is -2.19. The van der Waals surface area contributed by atoms with E-state index in [1.165, 1.54) is 4.90 Å². The summed E-state index contributed by atoms with van der Waals surface area (Å²) in [5, 5.41) is 18.5. The van der Waals surface area contributed by atoms with Crippen LogP contribution in [0.2, 0.25) is 0 Å². The molecular formula is C14H21N2O8+. The van der Waals surface area contributed by atoms with Gasteiger partial charge in [-0.15, -0.1) is 0 Å². The van der Waals surface area contributed by atoms with Crippen LogP contribution in [0, 0.1) is 11.8 Å². The van der Waals surface area contributed by atoms with Gasteiger partial charge in [-0.05, 0) is 33.1 Å². The zero-order valence-electron chi connectivity index (χ0n) is 13.7. The Morgan fingerprint density at radius 1 is 1.29 bits per heavy atom. The van der Waals surface area contributed by atoms with Crippen molar-refractivity contribution in [3.63, 3.8) is 0 Å². The summed E-state index contributed by atoms with van der Waals surface area (Å²) >= 11 is 0. The van der Waals surface area contributed by atoms with Crippen LogP contribution >= 0.6 is 0 Å². The van der Waals surface area contributed by atoms with Gasteiger partial charge in [0.15, 0.2) is 0 Å². The lowest BCUT2D eigenvalue weighted by Gasteiger charge is -2.24. The van der Waals surface area contributed by atoms with Crippen LogP contribution in [0.5, 0.6) is 0 Å². The fraction of sp³-hybridized carbons (Fsp3) is 0.714. The van der Waals surface area contributed by atoms with Crippen LogP contribution in [0.3, 0.4) is 0 Å². The van der Waals surface area contributed by atoms with Crippen LogP contribution in [0.1, 0.15) is 33.6 Å². The molecule has 0 spiro atoms. The number of rotatable bonds is 2. The average Bonchev–Trinajstić information content (AvgIpc) is 2.96. The van der Waals surface area contributed by atoms with Crippen molar-refractivity contribution in [3.8, 4) is 0 Å². The number of hydrogen-bond acceptors (Lipinski definition) is 7. The minimum absolute atomic E-state index is 0.186. The number of carboxylic acid groups (broad SMARTS) is 1. The van der Waals surface area contributed by atoms with E-state index >= 15 is 0 Å². The molecule has 10 nitrogen and oxygen atoms in total. The van der Waals surface area contributed by atoms with E-state index in [-0.39, 0.29) is 18.9 Å². The second-order valence-electron chi connectivity index (χ2n) is 6.95. The van der Waals surface area contributed by atoms with Gasteiger partial charge in [-0.25, -0.2) is 14.4 Å². The van der Waals surface area contributed by atoms with Gasteiger partial charge in [0.2, 0.25) is 0 Å². The normalized spacial score (nSPS) is 30.6. The minimum Gasteiger partial charge on any atom is -0.446 e. The third-order valence-corrected chi connectivity index (χ3v) is 4.00. The lowest BCUT2D eigenvalue weighted by atomic mass is 9.90. The summed E-state index contributed by atoms with van der Waals surface area (Å²) in [7, 11) is 0. The molecule has 0 aliphatic carbocycles. The number of carbonyl (C=O) groups excluding carboxylic acids is 3. The maximum Gasteiger partial charge on any atom is 0.561 e. The predicted octanol–water partition coefficient (Wildman–Crippen LogP) is 1.13. The number of quaternary nitrogens is 1. The first-order chi connectivity index (χ1) is 10.9. The molecule has 0 bridgehead atoms. The lowest BCUT2D eigenvalue weighted by Crippen LogP contribution is -2.51. The Hall–Kier alpha value is -2.20. The van der Waals surface area contributed by atoms with Gasteiger partial charge in [-0.3, -0.25) is 0 Å². The van der Waals surface area contributed by atoms with Gasteiger partial charge in [-0.2, -0.15) is 14.8 Å². The number of carbonyl (C=O) groups is 4. The molecule has 0 aromatic carbocycles. The van der Waals surface area contributed by atoms with Gasteiger partial charge in [0, 0.05) is 13.1 Å². The van der Waals surface area contributed by atoms with Gasteiger partial charge < -0.3 is 14.7 Å². The van der Waals surface area contributed by atoms with Gasteiger partial charge in [0.05, 0.1) is 6.42 Å². The molecule has 3 atom stereocenters. The van der Waals surface area contributed by atoms with Crippen LogP contribution in [0.15, 0.2) is 0 Å². The molecule has 134 valence electrons. The van der Waals surface area contributed by atoms with Crippen molar-refractivity contribution in [3.05, 3.63) is 0 Å². The first-order valence-corrected chi connectivity index (χ1v) is 7.54. The molecule has 0 aromatic heterocycles. The Labute approximate surface area is 138 Å². The number of hydrogen-bond donors (Lipinski definition) is 2. The molecule has 0 radical (unpaired) electrons. The third kappa shape index (κ3) is 3.49. The van der Waals surface area contributed by atoms with Crippen molar-refractivity contribution >= 4 is 24.1 Å². The summed E-state index contributed by atoms with van der Waals surface area (Å²) in [5.74, 6) is -3.35. The Balaban J connectivity index is 2.04. The van der Waals surface area contributed by atoms with E-state index in [4.69, 9.17) is 9.84 Å². The number of likely N-dealkylation sites (tertiary alicyclic amines) is 1. The smallest absolute Gasteiger partial charge is 0.446 e. The largest absolute Gasteiger partial charge is 0.561 e. The van der Waals surface area contributed by atoms with Crippen LogP contribution in [0.4, 0.5) is 9.59 Å². The molecule has 2 aliphatic rings. The highest BCUT2D eigenvalue weighted by Crippen LogP contribution is 2.36. The molecule has 2 saturated heterocycles. The van der Waals surface area contributed by atoms with Gasteiger partial charge in [0.25, 0.3) is 0 Å². The monoisotopic (exact) mass is 345 g/mol. The van der Waals surface area contributed by atoms with E-state index in [9.17, 15) is 24.4 Å². The highest BCUT2D eigenvalue weighted by molar-refractivity contribution is 5.93. The summed E-state index contributed by atoms with van der Waals surface area (Å²) in [6.45, 7) is 5.74. The summed E-state index contributed by atoms with van der Waals surface area (Å²) in [6, 6.07) is 0. The summed E-state index contributed by atoms with van der Waals surface area (Å²) in [6.07, 6.45) is -2.35. The van der Waals surface area contributed by atoms with Crippen molar-refractivity contribution in [2.45, 2.75) is 39.2 Å². The second-order valence-corrected chi connectivity index (χ2v) is 6.95. The molecule has 0 aromatic rings. The standard InChI is InChI=1S/C14H20N2O8/c1-14(2,3)23-12(19)15-5-4-8(7-15)9-6-10(17)16(22,11(9)18)24-13(20)21/h8-9,22H,4-7H2,1-3H3/p+1/t8?,9-,16?/m1/s1. The highest BCUT2D eigenvalue weighted by atomic mass is 17.0. The van der Waals surface area contributed by atoms with E-state index in [0.717, 1.165) is 0 Å². The van der Waals surface area contributed by atoms with Crippen LogP contribution in [-0.4, -0.2) is 62.8 Å². The van der Waals surface area contributed by atoms with E-state index in [2.05, 4.69) is 4.84 Å². The van der Waals surface area contributed by atoms with E-state index in [1.807, 2.05) is 0 Å². The molecule has 2 fully saturated rings. The topological polar surface area (TPSA) is 130 Å². The van der Waals surface area contributed by atoms with Gasteiger partial charge in [0.1, 0.15) is 16.3 Å². The number of nitrogens with zero attached hydrogens (tertiary/aromatic N) is 2. The van der Waals surface area contributed by atoms with Crippen molar-refractivity contribution in [2.75, 3.05) is 13.1 Å². The molecule has 2 rings (SSSR count). The lowest BCUT2D eigenvalue weighted by molar-refractivity contribution is -1.12. The first kappa shape index (κ1) is 18.1. The van der Waals surface area contributed by atoms with Crippen molar-refractivity contribution in [1.29, 1.82) is 0 Å². The zero-order chi connectivity index (χ0) is 18.3. The molecular weight excluding hydrogens is 324 g/mol. The summed E-state index contributed by atoms with van der Waals surface area (Å²) in [4.78, 5) is 50.0. The first-order valence-electron chi connectivity index (χ1n) is 7.54. The molecule has 0 saturated carbocycles. The van der Waals surface area contributed by atoms with Gasteiger partial charge >= 0.3 is 24.1 Å². The maximum atomic E-state index is 12.2. The van der Waals surface area contributed by atoms with Crippen LogP contribution in [0.25, 0.3) is 0 Å². The molecule has 2 heterocycles. The van der Waals surface area contributed by atoms with E-state index < -0.39 is 40.4 Å². The molecule has 10 heteroatoms. The second kappa shape index (κ2) is 6.02. The van der Waals surface area contributed by atoms with Gasteiger partial charge in [-0.1, -0.05) is 0 Å². The SMILES string of the molecule is CC(C)(C)OC(=O)N1CCC([C@H]2CC(=O)[N+](O)(OC(=O)O)C2=O)C1. The summed E-state index contributed by atoms with van der Waals surface area (Å²) in [5.41, 5.74) is -0.652. The van der Waals surface area contributed by atoms with Crippen molar-refractivity contribution in [2.24, 2.45) is 11.8 Å². The molecule has 24 heavy (non-hydrogen) atoms. The van der Waals surface area contributed by atoms with E-state index in [1.54, 1.807) is 20.8 Å². The van der Waals surface area contributed by atoms with Crippen LogP contribution < -0.4 is 0 Å². The van der Waals surface area contributed by atoms with Crippen molar-refractivity contribution < 1.29 is 43.9 Å². The van der Waals surface area contributed by atoms with Crippen molar-refractivity contribution in [1.82, 2.24) is 4.90 Å². The third-order valence-electron chi connectivity index (χ3n) is 4.00. The Morgan fingerprint density at radius 3 is 2.46 bits per heavy atom. The number of ether oxygens (including phenoxy) is 1. The average molecular weight is 345 g/mol. The Morgan fingerprint density at radius 2 is 1.92 bits per heavy atom. The zero-order valence-corrected chi connectivity index (χ0v) is 13.7. The van der Waals surface area contributed by atoms with E-state index in [0.29, 0.717) is 13.0 Å². The molecule has 2 unspecified atom stereocenters. The predicted molar refractivity (Wildman–Crippen MR) is 75.2 cm³/mol. The number of imide groups is 1. The van der Waals surface area contributed by atoms with Crippen LogP contribution in [-0.2, 0) is 19.2 Å². The quantitative estimate of drug-likeness (QED) is 0.433. The fourth-order valence-electron chi connectivity index (χ4n) is 2.93. The maximum absolute atomic E-state index is 12.2.